The quantitative estimate of drug-likeness (QED) is 0.479. The van der Waals surface area contributed by atoms with Crippen LogP contribution in [0.2, 0.25) is 0 Å². The Hall–Kier alpha value is -3.58. The van der Waals surface area contributed by atoms with Gasteiger partial charge in [-0.15, -0.1) is 16.4 Å². The lowest BCUT2D eigenvalue weighted by atomic mass is 10.1. The van der Waals surface area contributed by atoms with Crippen molar-refractivity contribution in [3.05, 3.63) is 82.6 Å². The van der Waals surface area contributed by atoms with Crippen LogP contribution in [0.3, 0.4) is 0 Å². The van der Waals surface area contributed by atoms with Gasteiger partial charge in [-0.05, 0) is 46.0 Å². The van der Waals surface area contributed by atoms with Crippen molar-refractivity contribution in [3.8, 4) is 11.4 Å². The minimum atomic E-state index is -0.274. The number of benzene rings is 2. The van der Waals surface area contributed by atoms with Crippen LogP contribution < -0.4 is 5.32 Å². The van der Waals surface area contributed by atoms with E-state index in [4.69, 9.17) is 0 Å². The predicted molar refractivity (Wildman–Crippen MR) is 116 cm³/mol. The largest absolute Gasteiger partial charge is 0.320 e. The van der Waals surface area contributed by atoms with E-state index in [1.807, 2.05) is 72.1 Å². The zero-order chi connectivity index (χ0) is 20.1. The van der Waals surface area contributed by atoms with Crippen molar-refractivity contribution >= 4 is 34.7 Å². The average Bonchev–Trinajstić information content (AvgIpc) is 3.45. The number of carbonyl (C=O) groups excluding carboxylic acids is 1. The third kappa shape index (κ3) is 4.14. The van der Waals surface area contributed by atoms with Gasteiger partial charge in [0.2, 0.25) is 0 Å². The molecular formula is C22H19N5OS. The normalized spacial score (nSPS) is 11.4. The van der Waals surface area contributed by atoms with E-state index in [1.165, 1.54) is 4.68 Å². The maximum Gasteiger partial charge on any atom is 0.274 e. The standard InChI is InChI=1S/C22H19N5OS/c1-2-16-9-6-7-13-19(16)23-22(28)20(15-18-12-8-14-29-18)27-21(24-25-26-27)17-10-4-3-5-11-17/h3-15H,2H2,1H3,(H,23,28)/b20-15+. The maximum atomic E-state index is 13.3. The van der Waals surface area contributed by atoms with Crippen molar-refractivity contribution < 1.29 is 4.79 Å². The third-order valence-corrected chi connectivity index (χ3v) is 5.25. The molecule has 0 radical (unpaired) electrons. The molecule has 0 spiro atoms. The van der Waals surface area contributed by atoms with E-state index >= 15 is 0 Å². The predicted octanol–water partition coefficient (Wildman–Crippen LogP) is 4.60. The zero-order valence-electron chi connectivity index (χ0n) is 15.8. The number of thiophene rings is 1. The van der Waals surface area contributed by atoms with Gasteiger partial charge in [-0.2, -0.15) is 4.68 Å². The van der Waals surface area contributed by atoms with Gasteiger partial charge in [0.25, 0.3) is 5.91 Å². The first kappa shape index (κ1) is 18.8. The first-order valence-electron chi connectivity index (χ1n) is 9.25. The van der Waals surface area contributed by atoms with E-state index < -0.39 is 0 Å². The Balaban J connectivity index is 1.76. The Labute approximate surface area is 172 Å². The number of nitrogens with one attached hydrogen (secondary N) is 1. The molecule has 1 N–H and O–H groups in total. The maximum absolute atomic E-state index is 13.3. The molecule has 0 unspecified atom stereocenters. The lowest BCUT2D eigenvalue weighted by Crippen LogP contribution is -2.20. The smallest absolute Gasteiger partial charge is 0.274 e. The lowest BCUT2D eigenvalue weighted by molar-refractivity contribution is -0.111. The molecule has 2 heterocycles. The number of aryl methyl sites for hydroxylation is 1. The Morgan fingerprint density at radius 1 is 1.07 bits per heavy atom. The van der Waals surface area contributed by atoms with Gasteiger partial charge in [-0.3, -0.25) is 4.79 Å². The van der Waals surface area contributed by atoms with Crippen molar-refractivity contribution in [2.24, 2.45) is 0 Å². The monoisotopic (exact) mass is 401 g/mol. The summed E-state index contributed by atoms with van der Waals surface area (Å²) >= 11 is 1.54. The summed E-state index contributed by atoms with van der Waals surface area (Å²) in [6.45, 7) is 2.06. The SMILES string of the molecule is CCc1ccccc1NC(=O)/C(=C\c1cccs1)n1nnnc1-c1ccccc1. The fraction of sp³-hybridized carbons (Fsp3) is 0.0909. The first-order valence-corrected chi connectivity index (χ1v) is 10.1. The summed E-state index contributed by atoms with van der Waals surface area (Å²) in [5, 5.41) is 17.1. The number of hydrogen-bond acceptors (Lipinski definition) is 5. The molecule has 0 bridgehead atoms. The number of aromatic nitrogens is 4. The number of anilines is 1. The zero-order valence-corrected chi connectivity index (χ0v) is 16.6. The van der Waals surface area contributed by atoms with Crippen molar-refractivity contribution in [1.29, 1.82) is 0 Å². The Morgan fingerprint density at radius 2 is 1.86 bits per heavy atom. The Kier molecular flexibility index (Phi) is 5.58. The van der Waals surface area contributed by atoms with E-state index in [9.17, 15) is 4.79 Å². The molecule has 0 atom stereocenters. The number of tetrazole rings is 1. The van der Waals surface area contributed by atoms with Gasteiger partial charge in [0, 0.05) is 16.1 Å². The second kappa shape index (κ2) is 8.62. The fourth-order valence-electron chi connectivity index (χ4n) is 2.98. The highest BCUT2D eigenvalue weighted by Gasteiger charge is 2.20. The van der Waals surface area contributed by atoms with Gasteiger partial charge < -0.3 is 5.32 Å². The van der Waals surface area contributed by atoms with E-state index in [-0.39, 0.29) is 5.91 Å². The van der Waals surface area contributed by atoms with Crippen LogP contribution in [0.1, 0.15) is 17.4 Å². The number of amides is 1. The third-order valence-electron chi connectivity index (χ3n) is 4.43. The van der Waals surface area contributed by atoms with Crippen molar-refractivity contribution in [2.75, 3.05) is 5.32 Å². The van der Waals surface area contributed by atoms with Gasteiger partial charge in [0.1, 0.15) is 5.70 Å². The van der Waals surface area contributed by atoms with E-state index in [0.29, 0.717) is 11.5 Å². The lowest BCUT2D eigenvalue weighted by Gasteiger charge is -2.13. The molecule has 0 aliphatic heterocycles. The Morgan fingerprint density at radius 3 is 2.62 bits per heavy atom. The van der Waals surface area contributed by atoms with Crippen LogP contribution in [0.25, 0.3) is 23.2 Å². The highest BCUT2D eigenvalue weighted by atomic mass is 32.1. The number of carbonyl (C=O) groups is 1. The molecule has 29 heavy (non-hydrogen) atoms. The molecule has 1 amide bonds. The second-order valence-corrected chi connectivity index (χ2v) is 7.27. The molecule has 2 aromatic carbocycles. The van der Waals surface area contributed by atoms with Gasteiger partial charge in [-0.25, -0.2) is 0 Å². The van der Waals surface area contributed by atoms with E-state index in [0.717, 1.165) is 28.1 Å². The van der Waals surface area contributed by atoms with Crippen LogP contribution in [0.15, 0.2) is 72.1 Å². The minimum Gasteiger partial charge on any atom is -0.320 e. The number of para-hydroxylation sites is 1. The minimum absolute atomic E-state index is 0.274. The van der Waals surface area contributed by atoms with Gasteiger partial charge in [-0.1, -0.05) is 61.5 Å². The molecule has 0 fully saturated rings. The van der Waals surface area contributed by atoms with Crippen LogP contribution in [0.5, 0.6) is 0 Å². The fourth-order valence-corrected chi connectivity index (χ4v) is 3.64. The molecule has 2 aromatic heterocycles. The Bertz CT molecular complexity index is 1130. The number of rotatable bonds is 6. The van der Waals surface area contributed by atoms with Crippen molar-refractivity contribution in [2.45, 2.75) is 13.3 Å². The molecule has 0 aliphatic rings. The summed E-state index contributed by atoms with van der Waals surface area (Å²) in [6, 6.07) is 21.2. The molecule has 4 rings (SSSR count). The van der Waals surface area contributed by atoms with Crippen LogP contribution in [-0.2, 0) is 11.2 Å². The van der Waals surface area contributed by atoms with Gasteiger partial charge in [0.15, 0.2) is 5.82 Å². The topological polar surface area (TPSA) is 72.7 Å². The summed E-state index contributed by atoms with van der Waals surface area (Å²) < 4.78 is 1.49. The van der Waals surface area contributed by atoms with E-state index in [1.54, 1.807) is 17.4 Å². The molecular weight excluding hydrogens is 382 g/mol. The molecule has 144 valence electrons. The highest BCUT2D eigenvalue weighted by Crippen LogP contribution is 2.24. The van der Waals surface area contributed by atoms with Crippen molar-refractivity contribution in [1.82, 2.24) is 20.2 Å². The number of hydrogen-bond donors (Lipinski definition) is 1. The van der Waals surface area contributed by atoms with Crippen LogP contribution in [0, 0.1) is 0 Å². The molecule has 0 aliphatic carbocycles. The summed E-state index contributed by atoms with van der Waals surface area (Å²) in [5.74, 6) is 0.233. The van der Waals surface area contributed by atoms with Crippen LogP contribution in [-0.4, -0.2) is 26.1 Å². The molecule has 7 heteroatoms. The summed E-state index contributed by atoms with van der Waals surface area (Å²) in [5.41, 5.74) is 3.03. The number of nitrogens with zero attached hydrogens (tertiary/aromatic N) is 4. The first-order chi connectivity index (χ1) is 14.3. The van der Waals surface area contributed by atoms with Gasteiger partial charge >= 0.3 is 0 Å². The molecule has 0 saturated carbocycles. The summed E-state index contributed by atoms with van der Waals surface area (Å²) in [7, 11) is 0. The van der Waals surface area contributed by atoms with Gasteiger partial charge in [0.05, 0.1) is 0 Å². The summed E-state index contributed by atoms with van der Waals surface area (Å²) in [4.78, 5) is 14.2. The average molecular weight is 401 g/mol. The molecule has 4 aromatic rings. The van der Waals surface area contributed by atoms with Crippen LogP contribution in [0.4, 0.5) is 5.69 Å². The molecule has 6 nitrogen and oxygen atoms in total. The second-order valence-electron chi connectivity index (χ2n) is 6.29. The summed E-state index contributed by atoms with van der Waals surface area (Å²) in [6.07, 6.45) is 2.62. The highest BCUT2D eigenvalue weighted by molar-refractivity contribution is 7.10. The molecule has 0 saturated heterocycles. The van der Waals surface area contributed by atoms with Crippen molar-refractivity contribution in [3.63, 3.8) is 0 Å². The van der Waals surface area contributed by atoms with Crippen LogP contribution >= 0.6 is 11.3 Å². The van der Waals surface area contributed by atoms with E-state index in [2.05, 4.69) is 27.8 Å².